The number of ketones is 1. The largest absolute Gasteiger partial charge is 0.872 e. The van der Waals surface area contributed by atoms with Gasteiger partial charge in [-0.25, -0.2) is 4.98 Å². The van der Waals surface area contributed by atoms with Gasteiger partial charge in [-0.15, -0.1) is 0 Å². The zero-order valence-corrected chi connectivity index (χ0v) is 21.7. The van der Waals surface area contributed by atoms with Crippen LogP contribution in [0.3, 0.4) is 0 Å². The molecule has 5 rings (SSSR count). The van der Waals surface area contributed by atoms with Crippen LogP contribution in [0.4, 0.5) is 0 Å². The Morgan fingerprint density at radius 2 is 1.92 bits per heavy atom. The number of likely N-dealkylation sites (tertiary alicyclic amines) is 1. The van der Waals surface area contributed by atoms with Gasteiger partial charge in [0.05, 0.1) is 12.6 Å². The summed E-state index contributed by atoms with van der Waals surface area (Å²) >= 11 is 0. The fraction of sp³-hybridized carbons (Fsp3) is 0.323. The first kappa shape index (κ1) is 25.5. The molecule has 3 aromatic rings. The van der Waals surface area contributed by atoms with Crippen LogP contribution >= 0.6 is 0 Å². The zero-order chi connectivity index (χ0) is 26.6. The van der Waals surface area contributed by atoms with Gasteiger partial charge in [0.15, 0.2) is 12.4 Å². The van der Waals surface area contributed by atoms with Crippen LogP contribution in [-0.4, -0.2) is 29.3 Å². The summed E-state index contributed by atoms with van der Waals surface area (Å²) in [4.78, 5) is 31.2. The lowest BCUT2D eigenvalue weighted by Gasteiger charge is -2.28. The molecule has 196 valence electrons. The van der Waals surface area contributed by atoms with E-state index in [0.717, 1.165) is 36.1 Å². The number of fused-ring (bicyclic) bond motifs is 1. The number of amides is 1. The summed E-state index contributed by atoms with van der Waals surface area (Å²) < 4.78 is 11.7. The number of unbranched alkanes of at least 4 members (excludes halogenated alkanes) is 2. The predicted octanol–water partition coefficient (Wildman–Crippen LogP) is 3.82. The summed E-state index contributed by atoms with van der Waals surface area (Å²) in [7, 11) is 0. The minimum absolute atomic E-state index is 0.0316. The second-order valence-corrected chi connectivity index (χ2v) is 9.90. The molecular weight excluding hydrogens is 480 g/mol. The maximum atomic E-state index is 13.9. The Balaban J connectivity index is 1.56. The molecule has 7 heteroatoms. The van der Waals surface area contributed by atoms with Crippen molar-refractivity contribution in [1.29, 1.82) is 0 Å². The van der Waals surface area contributed by atoms with E-state index < -0.39 is 23.5 Å². The topological polar surface area (TPSA) is 93.0 Å². The van der Waals surface area contributed by atoms with E-state index in [0.29, 0.717) is 29.9 Å². The van der Waals surface area contributed by atoms with Crippen molar-refractivity contribution < 1.29 is 29.2 Å². The molecule has 0 spiro atoms. The van der Waals surface area contributed by atoms with Crippen LogP contribution in [0, 0.1) is 0 Å². The second kappa shape index (κ2) is 11.1. The van der Waals surface area contributed by atoms with Crippen molar-refractivity contribution in [1.82, 2.24) is 4.90 Å². The standard InChI is InChI=1S/C31H32N2O5/c1-3-4-5-15-37-25-8-6-7-22(18-25)28-27(29(34)23-9-10-26-24(17-23)16-20(2)38-26)30(35)31(36)33(28)19-21-11-13-32-14-12-21/h6-14,17-18,20,28,34H,3-5,15-16,19H2,1-2H3/b29-27+. The molecule has 0 aliphatic carbocycles. The first-order valence-electron chi connectivity index (χ1n) is 13.2. The molecular formula is C31H32N2O5. The smallest absolute Gasteiger partial charge is 0.295 e. The Hall–Kier alpha value is -4.13. The number of hydrogen-bond acceptors (Lipinski definition) is 5. The molecule has 1 fully saturated rings. The highest BCUT2D eigenvalue weighted by molar-refractivity contribution is 6.46. The molecule has 2 aliphatic heterocycles. The highest BCUT2D eigenvalue weighted by atomic mass is 16.5. The van der Waals surface area contributed by atoms with Crippen LogP contribution in [0.15, 0.2) is 72.6 Å². The molecule has 38 heavy (non-hydrogen) atoms. The average Bonchev–Trinajstić information content (AvgIpc) is 3.42. The molecule has 2 atom stereocenters. The lowest BCUT2D eigenvalue weighted by atomic mass is 9.94. The Morgan fingerprint density at radius 3 is 2.71 bits per heavy atom. The molecule has 1 amide bonds. The number of aromatic amines is 1. The number of aromatic nitrogens is 1. The summed E-state index contributed by atoms with van der Waals surface area (Å²) in [6.07, 6.45) is 7.36. The monoisotopic (exact) mass is 512 g/mol. The zero-order valence-electron chi connectivity index (χ0n) is 21.7. The van der Waals surface area contributed by atoms with E-state index in [4.69, 9.17) is 9.47 Å². The second-order valence-electron chi connectivity index (χ2n) is 9.90. The number of Topliss-reactive ketones (excluding diaryl/α,β-unsaturated/α-hetero) is 1. The first-order chi connectivity index (χ1) is 18.5. The van der Waals surface area contributed by atoms with Crippen molar-refractivity contribution in [2.45, 2.75) is 58.2 Å². The number of carbonyl (C=O) groups excluding carboxylic acids is 2. The highest BCUT2D eigenvalue weighted by Gasteiger charge is 2.44. The van der Waals surface area contributed by atoms with Crippen molar-refractivity contribution in [3.05, 3.63) is 94.8 Å². The number of benzene rings is 2. The van der Waals surface area contributed by atoms with E-state index in [-0.39, 0.29) is 18.2 Å². The summed E-state index contributed by atoms with van der Waals surface area (Å²) in [6, 6.07) is 15.5. The quantitative estimate of drug-likeness (QED) is 0.188. The Labute approximate surface area is 222 Å². The number of pyridine rings is 1. The van der Waals surface area contributed by atoms with Gasteiger partial charge in [-0.05, 0) is 59.9 Å². The third-order valence-corrected chi connectivity index (χ3v) is 7.02. The van der Waals surface area contributed by atoms with Crippen LogP contribution in [0.1, 0.15) is 61.4 Å². The van der Waals surface area contributed by atoms with Crippen LogP contribution in [0.5, 0.6) is 11.5 Å². The van der Waals surface area contributed by atoms with E-state index in [1.54, 1.807) is 30.6 Å². The number of rotatable bonds is 9. The summed E-state index contributed by atoms with van der Waals surface area (Å²) in [5.41, 5.74) is 2.79. The molecule has 3 heterocycles. The minimum Gasteiger partial charge on any atom is -0.872 e. The van der Waals surface area contributed by atoms with Gasteiger partial charge in [0, 0.05) is 30.7 Å². The van der Waals surface area contributed by atoms with Gasteiger partial charge in [-0.2, -0.15) is 0 Å². The van der Waals surface area contributed by atoms with Crippen molar-refractivity contribution in [3.63, 3.8) is 0 Å². The minimum atomic E-state index is -0.825. The third kappa shape index (κ3) is 5.14. The highest BCUT2D eigenvalue weighted by Crippen LogP contribution is 2.41. The molecule has 0 radical (unpaired) electrons. The van der Waals surface area contributed by atoms with Crippen LogP contribution in [0.25, 0.3) is 5.76 Å². The summed E-state index contributed by atoms with van der Waals surface area (Å²) in [5, 5.41) is 13.9. The molecule has 2 unspecified atom stereocenters. The lowest BCUT2D eigenvalue weighted by Crippen LogP contribution is -2.29. The molecule has 1 N–H and O–H groups in total. The first-order valence-corrected chi connectivity index (χ1v) is 13.2. The fourth-order valence-corrected chi connectivity index (χ4v) is 5.14. The van der Waals surface area contributed by atoms with E-state index in [9.17, 15) is 14.7 Å². The van der Waals surface area contributed by atoms with Crippen molar-refractivity contribution in [2.24, 2.45) is 0 Å². The van der Waals surface area contributed by atoms with E-state index in [1.807, 2.05) is 43.3 Å². The Kier molecular flexibility index (Phi) is 7.45. The van der Waals surface area contributed by atoms with Gasteiger partial charge in [0.25, 0.3) is 5.91 Å². The number of hydrogen-bond donors (Lipinski definition) is 0. The molecule has 2 aliphatic rings. The lowest BCUT2D eigenvalue weighted by molar-refractivity contribution is -0.378. The van der Waals surface area contributed by atoms with E-state index in [1.165, 1.54) is 4.90 Å². The Morgan fingerprint density at radius 1 is 1.11 bits per heavy atom. The molecule has 7 nitrogen and oxygen atoms in total. The van der Waals surface area contributed by atoms with Crippen molar-refractivity contribution in [2.75, 3.05) is 6.61 Å². The van der Waals surface area contributed by atoms with Gasteiger partial charge >= 0.3 is 0 Å². The number of H-pyrrole nitrogens is 1. The number of carbonyl (C=O) groups is 2. The molecule has 0 bridgehead atoms. The summed E-state index contributed by atoms with van der Waals surface area (Å²) in [6.45, 7) is 4.88. The maximum absolute atomic E-state index is 13.9. The van der Waals surface area contributed by atoms with E-state index in [2.05, 4.69) is 11.9 Å². The van der Waals surface area contributed by atoms with Gasteiger partial charge in [-0.1, -0.05) is 43.7 Å². The SMILES string of the molecule is CCCCCOc1cccc(C2/C(=C(\[O-])c3ccc4c(c3)CC(C)O4)C(=O)C(=O)N2Cc2cc[nH+]cc2)c1. The molecule has 2 aromatic carbocycles. The molecule has 1 aromatic heterocycles. The van der Waals surface area contributed by atoms with Crippen molar-refractivity contribution in [3.8, 4) is 11.5 Å². The maximum Gasteiger partial charge on any atom is 0.295 e. The van der Waals surface area contributed by atoms with Crippen LogP contribution < -0.4 is 19.6 Å². The number of ether oxygens (including phenoxy) is 2. The van der Waals surface area contributed by atoms with Crippen LogP contribution in [0.2, 0.25) is 0 Å². The molecule has 0 saturated carbocycles. The number of nitrogens with one attached hydrogen (secondary N) is 1. The fourth-order valence-electron chi connectivity index (χ4n) is 5.14. The van der Waals surface area contributed by atoms with Gasteiger partial charge in [-0.3, -0.25) is 9.59 Å². The third-order valence-electron chi connectivity index (χ3n) is 7.02. The van der Waals surface area contributed by atoms with Gasteiger partial charge in [0.2, 0.25) is 5.78 Å². The van der Waals surface area contributed by atoms with Gasteiger partial charge in [0.1, 0.15) is 17.6 Å². The average molecular weight is 513 g/mol. The van der Waals surface area contributed by atoms with E-state index >= 15 is 0 Å². The molecule has 1 saturated heterocycles. The van der Waals surface area contributed by atoms with Crippen molar-refractivity contribution >= 4 is 17.4 Å². The normalized spacial score (nSPS) is 19.9. The van der Waals surface area contributed by atoms with Crippen LogP contribution in [-0.2, 0) is 22.6 Å². The van der Waals surface area contributed by atoms with Gasteiger partial charge < -0.3 is 19.5 Å². The number of nitrogens with zero attached hydrogens (tertiary/aromatic N) is 1. The Bertz CT molecular complexity index is 1370. The predicted molar refractivity (Wildman–Crippen MR) is 140 cm³/mol. The summed E-state index contributed by atoms with van der Waals surface area (Å²) in [5.74, 6) is -0.482.